The third kappa shape index (κ3) is 6.02. The third-order valence-electron chi connectivity index (χ3n) is 3.65. The van der Waals surface area contributed by atoms with Crippen LogP contribution in [0.15, 0.2) is 42.5 Å². The van der Waals surface area contributed by atoms with Crippen LogP contribution in [0.5, 0.6) is 17.2 Å². The second kappa shape index (κ2) is 9.61. The van der Waals surface area contributed by atoms with E-state index in [-0.39, 0.29) is 5.75 Å². The van der Waals surface area contributed by atoms with Gasteiger partial charge in [-0.25, -0.2) is 4.79 Å². The van der Waals surface area contributed by atoms with E-state index in [1.807, 2.05) is 6.92 Å². The molecule has 2 rings (SSSR count). The molecule has 0 aliphatic rings. The minimum absolute atomic E-state index is 0.0352. The van der Waals surface area contributed by atoms with Crippen molar-refractivity contribution < 1.29 is 27.8 Å². The third-order valence-corrected chi connectivity index (χ3v) is 3.65. The number of carbonyl (C=O) groups excluding carboxylic acids is 1. The van der Waals surface area contributed by atoms with Crippen LogP contribution in [-0.2, 0) is 0 Å². The van der Waals surface area contributed by atoms with Gasteiger partial charge in [0.2, 0.25) is 0 Å². The second-order valence-corrected chi connectivity index (χ2v) is 5.57. The molecule has 0 heterocycles. The first-order valence-electron chi connectivity index (χ1n) is 8.36. The van der Waals surface area contributed by atoms with E-state index in [4.69, 9.17) is 9.47 Å². The number of alkyl halides is 2. The number of hydrogen-bond acceptors (Lipinski definition) is 4. The van der Waals surface area contributed by atoms with Gasteiger partial charge in [0.25, 0.3) is 0 Å². The zero-order valence-electron chi connectivity index (χ0n) is 15.3. The van der Waals surface area contributed by atoms with Crippen LogP contribution in [0.2, 0.25) is 0 Å². The van der Waals surface area contributed by atoms with Crippen LogP contribution in [0.1, 0.15) is 25.5 Å². The molecule has 2 amide bonds. The quantitative estimate of drug-likeness (QED) is 0.703. The molecule has 2 aromatic rings. The molecule has 0 radical (unpaired) electrons. The topological polar surface area (TPSA) is 68.8 Å². The molecule has 0 saturated carbocycles. The molecule has 146 valence electrons. The van der Waals surface area contributed by atoms with Gasteiger partial charge in [-0.1, -0.05) is 12.1 Å². The Kier molecular flexibility index (Phi) is 7.22. The van der Waals surface area contributed by atoms with Crippen LogP contribution in [0, 0.1) is 0 Å². The average Bonchev–Trinajstić information content (AvgIpc) is 2.62. The molecule has 2 N–H and O–H groups in total. The van der Waals surface area contributed by atoms with Gasteiger partial charge in [-0.15, -0.1) is 0 Å². The van der Waals surface area contributed by atoms with Crippen LogP contribution >= 0.6 is 0 Å². The number of nitrogens with one attached hydrogen (secondary N) is 2. The number of halogens is 2. The molecule has 0 fully saturated rings. The minimum Gasteiger partial charge on any atom is -0.493 e. The Hall–Kier alpha value is -3.03. The van der Waals surface area contributed by atoms with Gasteiger partial charge >= 0.3 is 12.6 Å². The van der Waals surface area contributed by atoms with Crippen LogP contribution < -0.4 is 24.8 Å². The summed E-state index contributed by atoms with van der Waals surface area (Å²) in [6, 6.07) is 10.3. The molecular formula is C19H22F2N2O4. The molecule has 0 aromatic heterocycles. The largest absolute Gasteiger partial charge is 0.493 e. The van der Waals surface area contributed by atoms with E-state index in [0.717, 1.165) is 0 Å². The number of amides is 2. The summed E-state index contributed by atoms with van der Waals surface area (Å²) in [6.45, 7) is 1.14. The first-order chi connectivity index (χ1) is 12.9. The number of rotatable bonds is 8. The number of carbonyl (C=O) groups is 1. The summed E-state index contributed by atoms with van der Waals surface area (Å²) in [5.74, 6) is 1.11. The first kappa shape index (κ1) is 20.3. The molecule has 0 bridgehead atoms. The van der Waals surface area contributed by atoms with Gasteiger partial charge in [-0.05, 0) is 43.7 Å². The smallest absolute Gasteiger partial charge is 0.387 e. The van der Waals surface area contributed by atoms with Gasteiger partial charge in [0.05, 0.1) is 19.8 Å². The molecule has 6 nitrogen and oxygen atoms in total. The standard InChI is InChI=1S/C19H22F2N2O4/c1-4-26-17-11-14(8-9-16(17)25-3)23-19(24)22-12(2)13-6-5-7-15(10-13)27-18(20)21/h5-12,18H,4H2,1-3H3,(H2,22,23,24). The van der Waals surface area contributed by atoms with E-state index < -0.39 is 18.7 Å². The normalized spacial score (nSPS) is 11.6. The maximum atomic E-state index is 12.3. The predicted octanol–water partition coefficient (Wildman–Crippen LogP) is 4.58. The maximum Gasteiger partial charge on any atom is 0.387 e. The fourth-order valence-electron chi connectivity index (χ4n) is 2.43. The van der Waals surface area contributed by atoms with Crippen LogP contribution in [0.25, 0.3) is 0 Å². The molecule has 1 unspecified atom stereocenters. The zero-order chi connectivity index (χ0) is 19.8. The predicted molar refractivity (Wildman–Crippen MR) is 97.8 cm³/mol. The van der Waals surface area contributed by atoms with E-state index in [1.54, 1.807) is 37.3 Å². The van der Waals surface area contributed by atoms with Crippen molar-refractivity contribution in [1.29, 1.82) is 0 Å². The van der Waals surface area contributed by atoms with Gasteiger partial charge in [0, 0.05) is 11.8 Å². The number of hydrogen-bond donors (Lipinski definition) is 2. The summed E-state index contributed by atoms with van der Waals surface area (Å²) < 4.78 is 39.7. The molecule has 2 aromatic carbocycles. The van der Waals surface area contributed by atoms with Crippen molar-refractivity contribution in [3.05, 3.63) is 48.0 Å². The number of benzene rings is 2. The highest BCUT2D eigenvalue weighted by Crippen LogP contribution is 2.30. The molecule has 27 heavy (non-hydrogen) atoms. The van der Waals surface area contributed by atoms with Crippen molar-refractivity contribution in [2.24, 2.45) is 0 Å². The van der Waals surface area contributed by atoms with Crippen molar-refractivity contribution in [3.63, 3.8) is 0 Å². The van der Waals surface area contributed by atoms with Crippen molar-refractivity contribution in [1.82, 2.24) is 5.32 Å². The van der Waals surface area contributed by atoms with Crippen molar-refractivity contribution in [2.45, 2.75) is 26.5 Å². The molecule has 0 saturated heterocycles. The molecular weight excluding hydrogens is 358 g/mol. The van der Waals surface area contributed by atoms with Crippen LogP contribution in [0.4, 0.5) is 19.3 Å². The molecule has 1 atom stereocenters. The van der Waals surface area contributed by atoms with Crippen molar-refractivity contribution in [2.75, 3.05) is 19.0 Å². The minimum atomic E-state index is -2.90. The van der Waals surface area contributed by atoms with E-state index >= 15 is 0 Å². The highest BCUT2D eigenvalue weighted by molar-refractivity contribution is 5.89. The van der Waals surface area contributed by atoms with Gasteiger partial charge in [0.15, 0.2) is 11.5 Å². The van der Waals surface area contributed by atoms with Gasteiger partial charge in [0.1, 0.15) is 5.75 Å². The Bertz CT molecular complexity index is 771. The van der Waals surface area contributed by atoms with E-state index in [2.05, 4.69) is 15.4 Å². The molecule has 0 spiro atoms. The molecule has 0 aliphatic heterocycles. The summed E-state index contributed by atoms with van der Waals surface area (Å²) in [5.41, 5.74) is 1.16. The fourth-order valence-corrected chi connectivity index (χ4v) is 2.43. The number of methoxy groups -OCH3 is 1. The Labute approximate surface area is 156 Å². The van der Waals surface area contributed by atoms with Crippen molar-refractivity contribution in [3.8, 4) is 17.2 Å². The summed E-state index contributed by atoms with van der Waals surface area (Å²) in [4.78, 5) is 12.2. The van der Waals surface area contributed by atoms with Crippen LogP contribution in [-0.4, -0.2) is 26.4 Å². The summed E-state index contributed by atoms with van der Waals surface area (Å²) in [7, 11) is 1.53. The lowest BCUT2D eigenvalue weighted by Crippen LogP contribution is -2.31. The van der Waals surface area contributed by atoms with E-state index in [9.17, 15) is 13.6 Å². The second-order valence-electron chi connectivity index (χ2n) is 5.57. The highest BCUT2D eigenvalue weighted by atomic mass is 19.3. The van der Waals surface area contributed by atoms with Gasteiger partial charge < -0.3 is 24.8 Å². The lowest BCUT2D eigenvalue weighted by Gasteiger charge is -2.17. The summed E-state index contributed by atoms with van der Waals surface area (Å²) in [5, 5.41) is 5.44. The Morgan fingerprint density at radius 1 is 1.15 bits per heavy atom. The Morgan fingerprint density at radius 2 is 1.93 bits per heavy atom. The SMILES string of the molecule is CCOc1cc(NC(=O)NC(C)c2cccc(OC(F)F)c2)ccc1OC. The monoisotopic (exact) mass is 380 g/mol. The molecule has 0 aliphatic carbocycles. The lowest BCUT2D eigenvalue weighted by atomic mass is 10.1. The van der Waals surface area contributed by atoms with E-state index in [0.29, 0.717) is 29.4 Å². The van der Waals surface area contributed by atoms with Crippen molar-refractivity contribution >= 4 is 11.7 Å². The molecule has 8 heteroatoms. The lowest BCUT2D eigenvalue weighted by molar-refractivity contribution is -0.0499. The zero-order valence-corrected chi connectivity index (χ0v) is 15.3. The van der Waals surface area contributed by atoms with Crippen LogP contribution in [0.3, 0.4) is 0 Å². The van der Waals surface area contributed by atoms with E-state index in [1.165, 1.54) is 19.2 Å². The Morgan fingerprint density at radius 3 is 2.59 bits per heavy atom. The van der Waals surface area contributed by atoms with Gasteiger partial charge in [-0.2, -0.15) is 8.78 Å². The summed E-state index contributed by atoms with van der Waals surface area (Å²) >= 11 is 0. The van der Waals surface area contributed by atoms with Gasteiger partial charge in [-0.3, -0.25) is 0 Å². The number of urea groups is 1. The summed E-state index contributed by atoms with van der Waals surface area (Å²) in [6.07, 6.45) is 0. The average molecular weight is 380 g/mol. The number of ether oxygens (including phenoxy) is 3. The Balaban J connectivity index is 2.02. The maximum absolute atomic E-state index is 12.3. The highest BCUT2D eigenvalue weighted by Gasteiger charge is 2.13. The fraction of sp³-hybridized carbons (Fsp3) is 0.316. The first-order valence-corrected chi connectivity index (χ1v) is 8.36. The number of anilines is 1.